The number of carbonyl (C=O) groups excluding carboxylic acids is 2. The van der Waals surface area contributed by atoms with Crippen LogP contribution in [-0.4, -0.2) is 54.0 Å². The lowest BCUT2D eigenvalue weighted by molar-refractivity contribution is -0.146. The third-order valence-electron chi connectivity index (χ3n) is 1.70. The van der Waals surface area contributed by atoms with Crippen LogP contribution in [0, 0.1) is 0 Å². The summed E-state index contributed by atoms with van der Waals surface area (Å²) in [6.45, 7) is 0.416. The number of carboxylic acid groups (broad SMARTS) is 1. The van der Waals surface area contributed by atoms with Crippen molar-refractivity contribution in [3.05, 3.63) is 0 Å². The van der Waals surface area contributed by atoms with Crippen molar-refractivity contribution in [3.8, 4) is 0 Å². The van der Waals surface area contributed by atoms with Gasteiger partial charge in [-0.1, -0.05) is 0 Å². The van der Waals surface area contributed by atoms with E-state index in [1.807, 2.05) is 0 Å². The van der Waals surface area contributed by atoms with Crippen molar-refractivity contribution in [1.29, 1.82) is 0 Å². The molecule has 0 bridgehead atoms. The maximum Gasteiger partial charge on any atom is 0.332 e. The van der Waals surface area contributed by atoms with E-state index in [2.05, 4.69) is 16.0 Å². The van der Waals surface area contributed by atoms with Crippen LogP contribution in [0.15, 0.2) is 0 Å². The van der Waals surface area contributed by atoms with E-state index in [0.29, 0.717) is 0 Å². The van der Waals surface area contributed by atoms with Crippen LogP contribution < -0.4 is 21.7 Å². The first kappa shape index (κ1) is 15.0. The van der Waals surface area contributed by atoms with Crippen LogP contribution in [0.4, 0.5) is 9.59 Å². The van der Waals surface area contributed by atoms with Crippen molar-refractivity contribution in [2.45, 2.75) is 12.5 Å². The number of aliphatic hydroxyl groups excluding tert-OH is 1. The molecule has 0 saturated heterocycles. The maximum atomic E-state index is 11.0. The highest BCUT2D eigenvalue weighted by atomic mass is 16.4. The number of rotatable bonds is 7. The molecule has 0 radical (unpaired) electrons. The average Bonchev–Trinajstić information content (AvgIpc) is 2.23. The number of hydrogen-bond donors (Lipinski definition) is 6. The second-order valence-corrected chi connectivity index (χ2v) is 3.12. The fourth-order valence-corrected chi connectivity index (χ4v) is 0.870. The summed E-state index contributed by atoms with van der Waals surface area (Å²) in [4.78, 5) is 31.5. The number of urea groups is 2. The Bertz CT molecular complexity index is 283. The summed E-state index contributed by atoms with van der Waals surface area (Å²) in [5.41, 5.74) is 4.79. The SMILES string of the molecule is NC(=O)NCCNC(=O)NCCC(O)C(=O)O. The number of amides is 4. The third kappa shape index (κ3) is 8.93. The molecule has 0 fully saturated rings. The van der Waals surface area contributed by atoms with Gasteiger partial charge in [-0.2, -0.15) is 0 Å². The first-order chi connectivity index (χ1) is 7.93. The summed E-state index contributed by atoms with van der Waals surface area (Å²) in [6, 6.07) is -1.20. The minimum Gasteiger partial charge on any atom is -0.479 e. The van der Waals surface area contributed by atoms with Crippen LogP contribution in [-0.2, 0) is 4.79 Å². The van der Waals surface area contributed by atoms with Crippen molar-refractivity contribution in [1.82, 2.24) is 16.0 Å². The number of primary amides is 1. The van der Waals surface area contributed by atoms with Gasteiger partial charge >= 0.3 is 18.0 Å². The van der Waals surface area contributed by atoms with E-state index in [1.165, 1.54) is 0 Å². The lowest BCUT2D eigenvalue weighted by atomic mass is 10.2. The van der Waals surface area contributed by atoms with Crippen molar-refractivity contribution in [2.75, 3.05) is 19.6 Å². The van der Waals surface area contributed by atoms with Gasteiger partial charge in [0.25, 0.3) is 0 Å². The predicted molar refractivity (Wildman–Crippen MR) is 57.2 cm³/mol. The van der Waals surface area contributed by atoms with Crippen LogP contribution >= 0.6 is 0 Å². The summed E-state index contributed by atoms with van der Waals surface area (Å²) in [7, 11) is 0. The molecule has 0 aliphatic rings. The summed E-state index contributed by atoms with van der Waals surface area (Å²) in [5, 5.41) is 24.2. The number of carbonyl (C=O) groups is 3. The van der Waals surface area contributed by atoms with Crippen molar-refractivity contribution >= 4 is 18.0 Å². The first-order valence-electron chi connectivity index (χ1n) is 4.89. The van der Waals surface area contributed by atoms with Crippen molar-refractivity contribution in [3.63, 3.8) is 0 Å². The Morgan fingerprint density at radius 1 is 1.06 bits per heavy atom. The van der Waals surface area contributed by atoms with Gasteiger partial charge in [-0.25, -0.2) is 14.4 Å². The fourth-order valence-electron chi connectivity index (χ4n) is 0.870. The van der Waals surface area contributed by atoms with E-state index in [-0.39, 0.29) is 26.1 Å². The van der Waals surface area contributed by atoms with E-state index >= 15 is 0 Å². The highest BCUT2D eigenvalue weighted by molar-refractivity contribution is 5.74. The van der Waals surface area contributed by atoms with Gasteiger partial charge in [0, 0.05) is 26.1 Å². The lowest BCUT2D eigenvalue weighted by Gasteiger charge is -2.08. The van der Waals surface area contributed by atoms with E-state index < -0.39 is 24.1 Å². The van der Waals surface area contributed by atoms with Gasteiger partial charge in [-0.15, -0.1) is 0 Å². The second-order valence-electron chi connectivity index (χ2n) is 3.12. The molecule has 0 spiro atoms. The molecule has 4 amide bonds. The molecule has 0 aliphatic carbocycles. The van der Waals surface area contributed by atoms with Gasteiger partial charge in [0.05, 0.1) is 0 Å². The zero-order valence-corrected chi connectivity index (χ0v) is 9.10. The average molecular weight is 248 g/mol. The number of aliphatic hydroxyl groups is 1. The number of nitrogens with one attached hydrogen (secondary N) is 3. The second kappa shape index (κ2) is 8.16. The number of carboxylic acids is 1. The Labute approximate surface area is 97.4 Å². The molecule has 17 heavy (non-hydrogen) atoms. The number of aliphatic carboxylic acids is 1. The maximum absolute atomic E-state index is 11.0. The largest absolute Gasteiger partial charge is 0.479 e. The topological polar surface area (TPSA) is 154 Å². The molecule has 9 heteroatoms. The van der Waals surface area contributed by atoms with Gasteiger partial charge in [-0.3, -0.25) is 0 Å². The monoisotopic (exact) mass is 248 g/mol. The van der Waals surface area contributed by atoms with Crippen LogP contribution in [0.3, 0.4) is 0 Å². The van der Waals surface area contributed by atoms with Gasteiger partial charge in [0.1, 0.15) is 0 Å². The van der Waals surface area contributed by atoms with Crippen LogP contribution in [0.2, 0.25) is 0 Å². The van der Waals surface area contributed by atoms with E-state index in [4.69, 9.17) is 15.9 Å². The van der Waals surface area contributed by atoms with Crippen molar-refractivity contribution < 1.29 is 24.6 Å². The molecule has 0 aromatic heterocycles. The molecule has 7 N–H and O–H groups in total. The van der Waals surface area contributed by atoms with Gasteiger partial charge in [-0.05, 0) is 0 Å². The Balaban J connectivity index is 3.47. The molecule has 0 aliphatic heterocycles. The quantitative estimate of drug-likeness (QED) is 0.282. The Morgan fingerprint density at radius 3 is 2.12 bits per heavy atom. The first-order valence-corrected chi connectivity index (χ1v) is 4.89. The Kier molecular flexibility index (Phi) is 7.19. The van der Waals surface area contributed by atoms with Gasteiger partial charge in [0.15, 0.2) is 6.10 Å². The van der Waals surface area contributed by atoms with Crippen LogP contribution in [0.5, 0.6) is 0 Å². The van der Waals surface area contributed by atoms with E-state index in [0.717, 1.165) is 0 Å². The molecule has 0 aromatic carbocycles. The molecule has 0 saturated carbocycles. The number of nitrogens with two attached hydrogens (primary N) is 1. The highest BCUT2D eigenvalue weighted by Crippen LogP contribution is 1.88. The Hall–Kier alpha value is -2.03. The van der Waals surface area contributed by atoms with Crippen LogP contribution in [0.25, 0.3) is 0 Å². The smallest absolute Gasteiger partial charge is 0.332 e. The zero-order valence-electron chi connectivity index (χ0n) is 9.10. The molecular formula is C8H16N4O5. The molecule has 9 nitrogen and oxygen atoms in total. The predicted octanol–water partition coefficient (Wildman–Crippen LogP) is -2.21. The third-order valence-corrected chi connectivity index (χ3v) is 1.70. The van der Waals surface area contributed by atoms with Crippen LogP contribution in [0.1, 0.15) is 6.42 Å². The molecule has 0 heterocycles. The Morgan fingerprint density at radius 2 is 1.59 bits per heavy atom. The van der Waals surface area contributed by atoms with Gasteiger partial charge in [0.2, 0.25) is 0 Å². The van der Waals surface area contributed by atoms with E-state index in [1.54, 1.807) is 0 Å². The summed E-state index contributed by atoms with van der Waals surface area (Å²) >= 11 is 0. The van der Waals surface area contributed by atoms with Gasteiger partial charge < -0.3 is 31.9 Å². The van der Waals surface area contributed by atoms with E-state index in [9.17, 15) is 14.4 Å². The highest BCUT2D eigenvalue weighted by Gasteiger charge is 2.12. The molecule has 98 valence electrons. The molecule has 1 atom stereocenters. The summed E-state index contributed by atoms with van der Waals surface area (Å²) in [5.74, 6) is -1.34. The standard InChI is InChI=1S/C8H16N4O5/c9-7(16)10-3-4-12-8(17)11-2-1-5(13)6(14)15/h5,13H,1-4H2,(H,14,15)(H3,9,10,16)(H2,11,12,17). The molecule has 0 rings (SSSR count). The van der Waals surface area contributed by atoms with Crippen molar-refractivity contribution in [2.24, 2.45) is 5.73 Å². The zero-order chi connectivity index (χ0) is 13.3. The molecular weight excluding hydrogens is 232 g/mol. The minimum atomic E-state index is -1.49. The minimum absolute atomic E-state index is 0.0303. The molecule has 0 aromatic rings. The lowest BCUT2D eigenvalue weighted by Crippen LogP contribution is -2.42. The number of hydrogen-bond acceptors (Lipinski definition) is 4. The normalized spacial score (nSPS) is 11.4. The fraction of sp³-hybridized carbons (Fsp3) is 0.625. The summed E-state index contributed by atoms with van der Waals surface area (Å²) < 4.78 is 0. The molecule has 1 unspecified atom stereocenters. The summed E-state index contributed by atoms with van der Waals surface area (Å²) in [6.07, 6.45) is -1.57.